The van der Waals surface area contributed by atoms with Crippen LogP contribution in [0.4, 0.5) is 0 Å². The molecule has 0 aliphatic carbocycles. The van der Waals surface area contributed by atoms with Crippen molar-refractivity contribution in [2.45, 2.75) is 30.9 Å². The molecule has 0 aliphatic rings. The summed E-state index contributed by atoms with van der Waals surface area (Å²) in [5, 5.41) is 0. The minimum Gasteiger partial charge on any atom is -0.278 e. The van der Waals surface area contributed by atoms with Crippen LogP contribution in [0.15, 0.2) is 16.3 Å². The lowest BCUT2D eigenvalue weighted by Gasteiger charge is -2.05. The molecule has 1 amide bonds. The Hall–Kier alpha value is -0.920. The number of thiophene rings is 1. The zero-order chi connectivity index (χ0) is 12.2. The highest BCUT2D eigenvalue weighted by atomic mass is 32.2. The SMILES string of the molecule is CCCC(=O)NNS(=O)(=O)c1ccc(C)s1. The van der Waals surface area contributed by atoms with E-state index >= 15 is 0 Å². The van der Waals surface area contributed by atoms with E-state index < -0.39 is 10.0 Å². The molecule has 7 heteroatoms. The van der Waals surface area contributed by atoms with Crippen LogP contribution >= 0.6 is 11.3 Å². The molecule has 0 saturated carbocycles. The van der Waals surface area contributed by atoms with Crippen LogP contribution in [0, 0.1) is 6.92 Å². The molecule has 0 radical (unpaired) electrons. The minimum atomic E-state index is -3.62. The molecular weight excluding hydrogens is 248 g/mol. The van der Waals surface area contributed by atoms with Crippen LogP contribution in [0.5, 0.6) is 0 Å². The number of sulfonamides is 1. The Kier molecular flexibility index (Phi) is 4.45. The molecule has 0 fully saturated rings. The maximum Gasteiger partial charge on any atom is 0.266 e. The van der Waals surface area contributed by atoms with Crippen LogP contribution < -0.4 is 10.3 Å². The highest BCUT2D eigenvalue weighted by molar-refractivity contribution is 7.91. The van der Waals surface area contributed by atoms with Crippen molar-refractivity contribution in [3.05, 3.63) is 17.0 Å². The van der Waals surface area contributed by atoms with Gasteiger partial charge >= 0.3 is 0 Å². The fourth-order valence-electron chi connectivity index (χ4n) is 1.02. The summed E-state index contributed by atoms with van der Waals surface area (Å²) < 4.78 is 23.5. The molecule has 0 spiro atoms. The molecule has 1 rings (SSSR count). The number of aryl methyl sites for hydroxylation is 1. The average Bonchev–Trinajstić information content (AvgIpc) is 2.63. The van der Waals surface area contributed by atoms with Crippen molar-refractivity contribution < 1.29 is 13.2 Å². The molecule has 2 N–H and O–H groups in total. The zero-order valence-corrected chi connectivity index (χ0v) is 10.7. The van der Waals surface area contributed by atoms with Crippen molar-refractivity contribution >= 4 is 27.3 Å². The number of hydrogen-bond acceptors (Lipinski definition) is 4. The molecule has 1 heterocycles. The summed E-state index contributed by atoms with van der Waals surface area (Å²) >= 11 is 1.16. The standard InChI is InChI=1S/C9H14N2O3S2/c1-3-4-8(12)10-11-16(13,14)9-6-5-7(2)15-9/h5-6,11H,3-4H2,1-2H3,(H,10,12). The van der Waals surface area contributed by atoms with Crippen LogP contribution in [0.3, 0.4) is 0 Å². The quantitative estimate of drug-likeness (QED) is 0.782. The Morgan fingerprint density at radius 3 is 2.62 bits per heavy atom. The van der Waals surface area contributed by atoms with Gasteiger partial charge in [-0.1, -0.05) is 6.92 Å². The van der Waals surface area contributed by atoms with Crippen molar-refractivity contribution in [3.63, 3.8) is 0 Å². The summed E-state index contributed by atoms with van der Waals surface area (Å²) in [6.45, 7) is 3.66. The highest BCUT2D eigenvalue weighted by Gasteiger charge is 2.16. The molecule has 0 unspecified atom stereocenters. The normalized spacial score (nSPS) is 11.4. The molecule has 16 heavy (non-hydrogen) atoms. The Morgan fingerprint density at radius 2 is 2.12 bits per heavy atom. The van der Waals surface area contributed by atoms with Crippen molar-refractivity contribution in [1.82, 2.24) is 10.3 Å². The summed E-state index contributed by atoms with van der Waals surface area (Å²) in [5.41, 5.74) is 2.16. The van der Waals surface area contributed by atoms with Crippen molar-refractivity contribution in [1.29, 1.82) is 0 Å². The molecule has 90 valence electrons. The number of carbonyl (C=O) groups excluding carboxylic acids is 1. The number of rotatable bonds is 5. The maximum absolute atomic E-state index is 11.6. The fourth-order valence-corrected chi connectivity index (χ4v) is 3.16. The third kappa shape index (κ3) is 3.58. The molecular formula is C9H14N2O3S2. The van der Waals surface area contributed by atoms with Gasteiger partial charge in [0.25, 0.3) is 10.0 Å². The molecule has 0 atom stereocenters. The van der Waals surface area contributed by atoms with Crippen molar-refractivity contribution in [2.24, 2.45) is 0 Å². The van der Waals surface area contributed by atoms with Gasteiger partial charge < -0.3 is 0 Å². The van der Waals surface area contributed by atoms with Crippen LogP contribution in [0.25, 0.3) is 0 Å². The predicted octanol–water partition coefficient (Wildman–Crippen LogP) is 1.17. The van der Waals surface area contributed by atoms with Gasteiger partial charge in [0.15, 0.2) is 0 Å². The van der Waals surface area contributed by atoms with Gasteiger partial charge in [0.05, 0.1) is 0 Å². The van der Waals surface area contributed by atoms with E-state index in [-0.39, 0.29) is 10.1 Å². The van der Waals surface area contributed by atoms with E-state index in [1.807, 2.05) is 13.8 Å². The minimum absolute atomic E-state index is 0.196. The second-order valence-electron chi connectivity index (χ2n) is 3.27. The van der Waals surface area contributed by atoms with E-state index in [0.717, 1.165) is 16.2 Å². The molecule has 5 nitrogen and oxygen atoms in total. The van der Waals surface area contributed by atoms with Gasteiger partial charge in [-0.2, -0.15) is 0 Å². The van der Waals surface area contributed by atoms with Gasteiger partial charge in [0, 0.05) is 11.3 Å². The summed E-state index contributed by atoms with van der Waals surface area (Å²) in [7, 11) is -3.62. The lowest BCUT2D eigenvalue weighted by molar-refractivity contribution is -0.121. The summed E-state index contributed by atoms with van der Waals surface area (Å²) in [6.07, 6.45) is 0.970. The number of nitrogens with one attached hydrogen (secondary N) is 2. The summed E-state index contributed by atoms with van der Waals surface area (Å²) in [5.74, 6) is -0.334. The Bertz CT molecular complexity index is 465. The van der Waals surface area contributed by atoms with E-state index in [0.29, 0.717) is 12.8 Å². The Labute approximate surface area is 98.9 Å². The fraction of sp³-hybridized carbons (Fsp3) is 0.444. The molecule has 0 aromatic carbocycles. The number of carbonyl (C=O) groups is 1. The van der Waals surface area contributed by atoms with Gasteiger partial charge in [0.1, 0.15) is 4.21 Å². The van der Waals surface area contributed by atoms with Gasteiger partial charge in [-0.15, -0.1) is 16.2 Å². The Balaban J connectivity index is 2.63. The van der Waals surface area contributed by atoms with Crippen LogP contribution in [0.1, 0.15) is 24.6 Å². The molecule has 1 aromatic heterocycles. The molecule has 0 aliphatic heterocycles. The lowest BCUT2D eigenvalue weighted by Crippen LogP contribution is -2.41. The maximum atomic E-state index is 11.6. The van der Waals surface area contributed by atoms with E-state index in [4.69, 9.17) is 0 Å². The van der Waals surface area contributed by atoms with Gasteiger partial charge in [-0.05, 0) is 25.5 Å². The first-order valence-electron chi connectivity index (χ1n) is 4.83. The van der Waals surface area contributed by atoms with E-state index in [2.05, 4.69) is 10.3 Å². The third-order valence-electron chi connectivity index (χ3n) is 1.78. The topological polar surface area (TPSA) is 75.3 Å². The van der Waals surface area contributed by atoms with E-state index in [9.17, 15) is 13.2 Å². The molecule has 1 aromatic rings. The zero-order valence-electron chi connectivity index (χ0n) is 9.11. The Morgan fingerprint density at radius 1 is 1.44 bits per heavy atom. The number of hydrazine groups is 1. The lowest BCUT2D eigenvalue weighted by atomic mass is 10.3. The summed E-state index contributed by atoms with van der Waals surface area (Å²) in [6, 6.07) is 3.22. The number of hydrogen-bond donors (Lipinski definition) is 2. The van der Waals surface area contributed by atoms with Crippen LogP contribution in [0.2, 0.25) is 0 Å². The van der Waals surface area contributed by atoms with Crippen molar-refractivity contribution in [3.8, 4) is 0 Å². The number of amides is 1. The summed E-state index contributed by atoms with van der Waals surface area (Å²) in [4.78, 5) is 14.1. The first-order valence-corrected chi connectivity index (χ1v) is 7.12. The van der Waals surface area contributed by atoms with Crippen molar-refractivity contribution in [2.75, 3.05) is 0 Å². The third-order valence-corrected chi connectivity index (χ3v) is 4.52. The van der Waals surface area contributed by atoms with E-state index in [1.165, 1.54) is 6.07 Å². The second-order valence-corrected chi connectivity index (χ2v) is 6.47. The largest absolute Gasteiger partial charge is 0.278 e. The first kappa shape index (κ1) is 13.1. The van der Waals surface area contributed by atoms with Gasteiger partial charge in [0.2, 0.25) is 5.91 Å². The van der Waals surface area contributed by atoms with Gasteiger partial charge in [-0.3, -0.25) is 10.2 Å². The van der Waals surface area contributed by atoms with E-state index in [1.54, 1.807) is 6.07 Å². The smallest absolute Gasteiger partial charge is 0.266 e. The molecule has 0 saturated heterocycles. The molecule has 0 bridgehead atoms. The first-order chi connectivity index (χ1) is 7.45. The average molecular weight is 262 g/mol. The van der Waals surface area contributed by atoms with Gasteiger partial charge in [-0.25, -0.2) is 8.42 Å². The van der Waals surface area contributed by atoms with Crippen LogP contribution in [-0.2, 0) is 14.8 Å². The monoisotopic (exact) mass is 262 g/mol. The van der Waals surface area contributed by atoms with Crippen LogP contribution in [-0.4, -0.2) is 14.3 Å². The highest BCUT2D eigenvalue weighted by Crippen LogP contribution is 2.19. The second kappa shape index (κ2) is 5.42. The predicted molar refractivity (Wildman–Crippen MR) is 62.4 cm³/mol.